The molecule has 2 aliphatic rings. The molecule has 0 aromatic carbocycles. The van der Waals surface area contributed by atoms with Crippen LogP contribution in [0.3, 0.4) is 0 Å². The van der Waals surface area contributed by atoms with Crippen LogP contribution in [0.5, 0.6) is 0 Å². The summed E-state index contributed by atoms with van der Waals surface area (Å²) in [5.74, 6) is -2.59. The second kappa shape index (κ2) is 7.54. The number of halogens is 6. The summed E-state index contributed by atoms with van der Waals surface area (Å²) in [6.45, 7) is 7.47. The van der Waals surface area contributed by atoms with Gasteiger partial charge < -0.3 is 0 Å². The molecule has 2 saturated carbocycles. The summed E-state index contributed by atoms with van der Waals surface area (Å²) in [7, 11) is 0. The second-order valence-corrected chi connectivity index (χ2v) is 9.29. The molecule has 0 N–H and O–H groups in total. The van der Waals surface area contributed by atoms with Crippen LogP contribution in [0.1, 0.15) is 72.6 Å². The largest absolute Gasteiger partial charge is 0.403 e. The molecule has 2 aliphatic carbocycles. The van der Waals surface area contributed by atoms with Crippen LogP contribution in [-0.4, -0.2) is 12.4 Å². The predicted molar refractivity (Wildman–Crippen MR) is 90.5 cm³/mol. The van der Waals surface area contributed by atoms with Crippen molar-refractivity contribution < 1.29 is 26.3 Å². The summed E-state index contributed by atoms with van der Waals surface area (Å²) in [5, 5.41) is 0. The van der Waals surface area contributed by atoms with Crippen molar-refractivity contribution in [1.82, 2.24) is 0 Å². The molecule has 0 saturated heterocycles. The van der Waals surface area contributed by atoms with E-state index in [1.54, 1.807) is 13.8 Å². The van der Waals surface area contributed by atoms with Gasteiger partial charge in [-0.15, -0.1) is 0 Å². The Kier molecular flexibility index (Phi) is 6.34. The molecular weight excluding hydrogens is 354 g/mol. The molecule has 0 amide bonds. The summed E-state index contributed by atoms with van der Waals surface area (Å²) in [6, 6.07) is 0. The first-order valence-corrected chi connectivity index (χ1v) is 9.94. The SMILES string of the molecule is CC1CCC(C(C2CCC(C)C(C)C2)(C(F)(F)F)C(F)(F)F)CC(C)C1. The molecule has 6 unspecified atom stereocenters. The predicted octanol–water partition coefficient (Wildman–Crippen LogP) is 7.63. The first-order chi connectivity index (χ1) is 11.8. The Morgan fingerprint density at radius 3 is 1.54 bits per heavy atom. The van der Waals surface area contributed by atoms with Gasteiger partial charge >= 0.3 is 12.4 Å². The molecule has 0 heterocycles. The minimum atomic E-state index is -5.27. The van der Waals surface area contributed by atoms with Gasteiger partial charge in [-0.1, -0.05) is 40.5 Å². The van der Waals surface area contributed by atoms with Gasteiger partial charge in [-0.25, -0.2) is 0 Å². The lowest BCUT2D eigenvalue weighted by Gasteiger charge is -2.51. The monoisotopic (exact) mass is 386 g/mol. The smallest absolute Gasteiger partial charge is 0.170 e. The minimum absolute atomic E-state index is 0.0145. The Balaban J connectivity index is 2.53. The van der Waals surface area contributed by atoms with Gasteiger partial charge in [0, 0.05) is 0 Å². The van der Waals surface area contributed by atoms with E-state index in [-0.39, 0.29) is 49.4 Å². The van der Waals surface area contributed by atoms with E-state index in [2.05, 4.69) is 0 Å². The molecule has 0 nitrogen and oxygen atoms in total. The van der Waals surface area contributed by atoms with Crippen molar-refractivity contribution in [3.05, 3.63) is 0 Å². The van der Waals surface area contributed by atoms with Crippen LogP contribution in [0.4, 0.5) is 26.3 Å². The van der Waals surface area contributed by atoms with Crippen LogP contribution in [0, 0.1) is 40.9 Å². The molecule has 0 aliphatic heterocycles. The van der Waals surface area contributed by atoms with Crippen molar-refractivity contribution in [3.8, 4) is 0 Å². The highest BCUT2D eigenvalue weighted by Gasteiger charge is 2.76. The lowest BCUT2D eigenvalue weighted by Crippen LogP contribution is -2.60. The van der Waals surface area contributed by atoms with Gasteiger partial charge in [-0.2, -0.15) is 26.3 Å². The molecule has 26 heavy (non-hydrogen) atoms. The summed E-state index contributed by atoms with van der Waals surface area (Å²) in [6.07, 6.45) is -8.87. The number of hydrogen-bond donors (Lipinski definition) is 0. The molecule has 2 rings (SSSR count). The molecule has 0 aromatic rings. The fraction of sp³-hybridized carbons (Fsp3) is 1.00. The third kappa shape index (κ3) is 3.89. The Hall–Kier alpha value is -0.420. The minimum Gasteiger partial charge on any atom is -0.170 e. The Labute approximate surface area is 153 Å². The van der Waals surface area contributed by atoms with Gasteiger partial charge in [-0.05, 0) is 67.6 Å². The van der Waals surface area contributed by atoms with Crippen molar-refractivity contribution in [2.75, 3.05) is 0 Å². The van der Waals surface area contributed by atoms with Crippen LogP contribution >= 0.6 is 0 Å². The number of rotatable bonds is 2. The van der Waals surface area contributed by atoms with Crippen molar-refractivity contribution >= 4 is 0 Å². The Morgan fingerprint density at radius 2 is 1.04 bits per heavy atom. The lowest BCUT2D eigenvalue weighted by atomic mass is 9.56. The van der Waals surface area contributed by atoms with Crippen molar-refractivity contribution in [2.45, 2.75) is 85.0 Å². The van der Waals surface area contributed by atoms with Crippen LogP contribution < -0.4 is 0 Å². The first-order valence-electron chi connectivity index (χ1n) is 9.94. The van der Waals surface area contributed by atoms with Gasteiger partial charge in [0.05, 0.1) is 0 Å². The molecule has 0 bridgehead atoms. The van der Waals surface area contributed by atoms with E-state index in [4.69, 9.17) is 0 Å². The van der Waals surface area contributed by atoms with Gasteiger partial charge in [0.15, 0.2) is 5.41 Å². The van der Waals surface area contributed by atoms with Crippen molar-refractivity contribution in [3.63, 3.8) is 0 Å². The molecule has 0 spiro atoms. The zero-order valence-electron chi connectivity index (χ0n) is 16.2. The van der Waals surface area contributed by atoms with Gasteiger partial charge in [0.2, 0.25) is 0 Å². The standard InChI is InChI=1S/C20H32F6/c1-12-5-7-16(10-13(2)9-12)18(19(21,22)23,20(24,25)26)17-8-6-14(3)15(4)11-17/h12-17H,5-11H2,1-4H3. The quantitative estimate of drug-likeness (QED) is 0.338. The van der Waals surface area contributed by atoms with Gasteiger partial charge in [-0.3, -0.25) is 0 Å². The highest BCUT2D eigenvalue weighted by molar-refractivity contribution is 5.05. The zero-order valence-corrected chi connectivity index (χ0v) is 16.2. The maximum absolute atomic E-state index is 14.3. The molecule has 2 fully saturated rings. The molecule has 154 valence electrons. The van der Waals surface area contributed by atoms with Crippen LogP contribution in [-0.2, 0) is 0 Å². The highest BCUT2D eigenvalue weighted by atomic mass is 19.4. The van der Waals surface area contributed by atoms with Crippen LogP contribution in [0.2, 0.25) is 0 Å². The van der Waals surface area contributed by atoms with Crippen molar-refractivity contribution in [1.29, 1.82) is 0 Å². The van der Waals surface area contributed by atoms with Gasteiger partial charge in [0.25, 0.3) is 0 Å². The summed E-state index contributed by atoms with van der Waals surface area (Å²) in [4.78, 5) is 0. The average Bonchev–Trinajstić information content (AvgIpc) is 2.61. The normalized spacial score (nSPS) is 38.1. The van der Waals surface area contributed by atoms with Gasteiger partial charge in [0.1, 0.15) is 0 Å². The van der Waals surface area contributed by atoms with Crippen LogP contribution in [0.25, 0.3) is 0 Å². The third-order valence-electron chi connectivity index (χ3n) is 7.32. The summed E-state index contributed by atoms with van der Waals surface area (Å²) < 4.78 is 85.8. The maximum atomic E-state index is 14.3. The molecule has 6 heteroatoms. The topological polar surface area (TPSA) is 0 Å². The zero-order chi connectivity index (χ0) is 19.9. The van der Waals surface area contributed by atoms with E-state index in [1.807, 2.05) is 13.8 Å². The van der Waals surface area contributed by atoms with E-state index < -0.39 is 29.6 Å². The van der Waals surface area contributed by atoms with E-state index in [9.17, 15) is 26.3 Å². The number of alkyl halides is 6. The fourth-order valence-electron chi connectivity index (χ4n) is 5.78. The second-order valence-electron chi connectivity index (χ2n) is 9.29. The molecule has 6 atom stereocenters. The summed E-state index contributed by atoms with van der Waals surface area (Å²) in [5.41, 5.74) is -3.56. The average molecular weight is 386 g/mol. The summed E-state index contributed by atoms with van der Waals surface area (Å²) >= 11 is 0. The van der Waals surface area contributed by atoms with Crippen LogP contribution in [0.15, 0.2) is 0 Å². The Bertz CT molecular complexity index is 452. The van der Waals surface area contributed by atoms with E-state index in [0.717, 1.165) is 0 Å². The maximum Gasteiger partial charge on any atom is 0.403 e. The van der Waals surface area contributed by atoms with E-state index in [0.29, 0.717) is 19.3 Å². The molecular formula is C20H32F6. The molecule has 0 radical (unpaired) electrons. The first kappa shape index (κ1) is 21.9. The highest BCUT2D eigenvalue weighted by Crippen LogP contribution is 2.65. The molecule has 0 aromatic heterocycles. The van der Waals surface area contributed by atoms with E-state index in [1.165, 1.54) is 0 Å². The Morgan fingerprint density at radius 1 is 0.538 bits per heavy atom. The lowest BCUT2D eigenvalue weighted by molar-refractivity contribution is -0.382. The fourth-order valence-corrected chi connectivity index (χ4v) is 5.78. The third-order valence-corrected chi connectivity index (χ3v) is 7.32. The number of hydrogen-bond acceptors (Lipinski definition) is 0. The van der Waals surface area contributed by atoms with E-state index >= 15 is 0 Å². The van der Waals surface area contributed by atoms with Crippen molar-refractivity contribution in [2.24, 2.45) is 40.9 Å².